The highest BCUT2D eigenvalue weighted by Crippen LogP contribution is 2.44. The highest BCUT2D eigenvalue weighted by atomic mass is 79.9. The van der Waals surface area contributed by atoms with Crippen LogP contribution >= 0.6 is 15.9 Å². The Hall–Kier alpha value is -1.95. The number of benzene rings is 1. The van der Waals surface area contributed by atoms with E-state index in [9.17, 15) is 18.0 Å². The van der Waals surface area contributed by atoms with Crippen LogP contribution in [0.15, 0.2) is 27.6 Å². The Labute approximate surface area is 194 Å². The molecular weight excluding hydrogens is 500 g/mol. The summed E-state index contributed by atoms with van der Waals surface area (Å²) in [5.41, 5.74) is 5.80. The maximum atomic E-state index is 13.6. The van der Waals surface area contributed by atoms with Crippen molar-refractivity contribution in [3.63, 3.8) is 0 Å². The van der Waals surface area contributed by atoms with Crippen molar-refractivity contribution in [3.8, 4) is 0 Å². The second kappa shape index (κ2) is 8.12. The maximum absolute atomic E-state index is 13.6. The summed E-state index contributed by atoms with van der Waals surface area (Å²) < 4.78 is 34.8. The van der Waals surface area contributed by atoms with E-state index in [1.165, 1.54) is 4.31 Å². The van der Waals surface area contributed by atoms with Gasteiger partial charge in [-0.3, -0.25) is 9.59 Å². The van der Waals surface area contributed by atoms with Crippen LogP contribution in [0.2, 0.25) is 0 Å². The SMILES string of the molecule is NC(=O)c1[nH]c2ccc(Br)cc2c1S(=O)(=O)N1CCOC(C(=O)NC(C2CC2)C2CC2)C1. The number of aromatic amines is 1. The molecule has 1 aromatic carbocycles. The Morgan fingerprint density at radius 2 is 1.91 bits per heavy atom. The molecule has 0 spiro atoms. The maximum Gasteiger partial charge on any atom is 0.266 e. The molecule has 1 saturated heterocycles. The molecule has 3 fully saturated rings. The molecule has 1 aliphatic heterocycles. The number of H-pyrrole nitrogens is 1. The minimum atomic E-state index is -4.12. The number of rotatable bonds is 7. The van der Waals surface area contributed by atoms with Gasteiger partial charge in [0.25, 0.3) is 11.8 Å². The van der Waals surface area contributed by atoms with Crippen LogP contribution in [0.1, 0.15) is 36.2 Å². The monoisotopic (exact) mass is 524 g/mol. The standard InChI is InChI=1S/C21H25BrN4O5S/c22-13-5-6-15-14(9-13)19(18(24-15)20(23)27)32(29,30)26-7-8-31-16(10-26)21(28)25-17(11-1-2-11)12-3-4-12/h5-6,9,11-12,16-17,24H,1-4,7-8,10H2,(H2,23,27)(H,25,28). The quantitative estimate of drug-likeness (QED) is 0.506. The summed E-state index contributed by atoms with van der Waals surface area (Å²) >= 11 is 3.35. The summed E-state index contributed by atoms with van der Waals surface area (Å²) in [5, 5.41) is 3.48. The van der Waals surface area contributed by atoms with Crippen molar-refractivity contribution < 1.29 is 22.7 Å². The van der Waals surface area contributed by atoms with E-state index in [4.69, 9.17) is 10.5 Å². The first kappa shape index (κ1) is 21.9. The summed E-state index contributed by atoms with van der Waals surface area (Å²) in [6.07, 6.45) is 3.60. The molecule has 0 bridgehead atoms. The predicted molar refractivity (Wildman–Crippen MR) is 120 cm³/mol. The third kappa shape index (κ3) is 4.07. The highest BCUT2D eigenvalue weighted by molar-refractivity contribution is 9.10. The number of fused-ring (bicyclic) bond motifs is 1. The number of sulfonamides is 1. The number of aromatic nitrogens is 1. The van der Waals surface area contributed by atoms with Crippen LogP contribution in [-0.4, -0.2) is 61.4 Å². The minimum absolute atomic E-state index is 0.0830. The lowest BCUT2D eigenvalue weighted by Gasteiger charge is -2.32. The Bertz CT molecular complexity index is 1180. The zero-order chi connectivity index (χ0) is 22.6. The van der Waals surface area contributed by atoms with Gasteiger partial charge < -0.3 is 20.8 Å². The zero-order valence-corrected chi connectivity index (χ0v) is 19.7. The van der Waals surface area contributed by atoms with Gasteiger partial charge in [-0.05, 0) is 55.7 Å². The summed E-state index contributed by atoms with van der Waals surface area (Å²) in [5.74, 6) is -0.0870. The van der Waals surface area contributed by atoms with E-state index in [-0.39, 0.29) is 42.2 Å². The van der Waals surface area contributed by atoms with Gasteiger partial charge in [0.1, 0.15) is 16.7 Å². The van der Waals surface area contributed by atoms with Crippen molar-refractivity contribution in [3.05, 3.63) is 28.4 Å². The number of carbonyl (C=O) groups is 2. The normalized spacial score (nSPS) is 22.4. The number of halogens is 1. The topological polar surface area (TPSA) is 135 Å². The molecule has 2 aliphatic carbocycles. The van der Waals surface area contributed by atoms with Gasteiger partial charge in [0, 0.05) is 34.5 Å². The number of hydrogen-bond acceptors (Lipinski definition) is 5. The molecule has 32 heavy (non-hydrogen) atoms. The minimum Gasteiger partial charge on any atom is -0.366 e. The second-order valence-corrected chi connectivity index (χ2v) is 11.6. The lowest BCUT2D eigenvalue weighted by Crippen LogP contribution is -2.53. The van der Waals surface area contributed by atoms with Crippen LogP contribution < -0.4 is 11.1 Å². The van der Waals surface area contributed by atoms with Crippen molar-refractivity contribution >= 4 is 48.7 Å². The van der Waals surface area contributed by atoms with Crippen molar-refractivity contribution in [2.75, 3.05) is 19.7 Å². The van der Waals surface area contributed by atoms with Crippen molar-refractivity contribution in [1.82, 2.24) is 14.6 Å². The first-order valence-corrected chi connectivity index (χ1v) is 13.0. The number of hydrogen-bond donors (Lipinski definition) is 3. The first-order valence-electron chi connectivity index (χ1n) is 10.8. The van der Waals surface area contributed by atoms with Gasteiger partial charge in [-0.25, -0.2) is 8.42 Å². The highest BCUT2D eigenvalue weighted by Gasteiger charge is 2.44. The number of amides is 2. The van der Waals surface area contributed by atoms with Crippen LogP contribution in [0, 0.1) is 11.8 Å². The lowest BCUT2D eigenvalue weighted by atomic mass is 10.1. The van der Waals surface area contributed by atoms with E-state index in [1.807, 2.05) is 0 Å². The van der Waals surface area contributed by atoms with Crippen molar-refractivity contribution in [2.24, 2.45) is 17.6 Å². The average Bonchev–Trinajstić information content (AvgIpc) is 3.68. The van der Waals surface area contributed by atoms with E-state index >= 15 is 0 Å². The third-order valence-electron chi connectivity index (χ3n) is 6.45. The molecule has 1 atom stereocenters. The first-order chi connectivity index (χ1) is 15.3. The lowest BCUT2D eigenvalue weighted by molar-refractivity contribution is -0.137. The molecular formula is C21H25BrN4O5S. The third-order valence-corrected chi connectivity index (χ3v) is 8.89. The number of carbonyl (C=O) groups excluding carboxylic acids is 2. The summed E-state index contributed by atoms with van der Waals surface area (Å²) in [6, 6.07) is 5.21. The van der Waals surface area contributed by atoms with Gasteiger partial charge in [-0.1, -0.05) is 15.9 Å². The molecule has 5 rings (SSSR count). The van der Waals surface area contributed by atoms with Crippen LogP contribution in [0.4, 0.5) is 0 Å². The molecule has 2 heterocycles. The van der Waals surface area contributed by atoms with Crippen LogP contribution in [-0.2, 0) is 19.6 Å². The largest absolute Gasteiger partial charge is 0.366 e. The molecule has 2 amide bonds. The molecule has 11 heteroatoms. The molecule has 172 valence electrons. The van der Waals surface area contributed by atoms with Gasteiger partial charge in [-0.2, -0.15) is 4.31 Å². The fourth-order valence-corrected chi connectivity index (χ4v) is 6.62. The molecule has 2 aromatic rings. The molecule has 2 saturated carbocycles. The number of nitrogens with zero attached hydrogens (tertiary/aromatic N) is 1. The van der Waals surface area contributed by atoms with Gasteiger partial charge >= 0.3 is 0 Å². The fraction of sp³-hybridized carbons (Fsp3) is 0.524. The Morgan fingerprint density at radius 1 is 1.22 bits per heavy atom. The summed E-state index contributed by atoms with van der Waals surface area (Å²) in [4.78, 5) is 27.6. The van der Waals surface area contributed by atoms with Gasteiger partial charge in [0.2, 0.25) is 10.0 Å². The fourth-order valence-electron chi connectivity index (χ4n) is 4.50. The van der Waals surface area contributed by atoms with Crippen LogP contribution in [0.5, 0.6) is 0 Å². The van der Waals surface area contributed by atoms with E-state index in [1.54, 1.807) is 18.2 Å². The van der Waals surface area contributed by atoms with Crippen LogP contribution in [0.3, 0.4) is 0 Å². The Morgan fingerprint density at radius 3 is 2.53 bits per heavy atom. The van der Waals surface area contributed by atoms with Gasteiger partial charge in [0.05, 0.1) is 6.61 Å². The van der Waals surface area contributed by atoms with Gasteiger partial charge in [0.15, 0.2) is 0 Å². The molecule has 0 radical (unpaired) electrons. The Balaban J connectivity index is 1.41. The average molecular weight is 525 g/mol. The van der Waals surface area contributed by atoms with E-state index in [0.29, 0.717) is 27.2 Å². The number of nitrogens with two attached hydrogens (primary N) is 1. The number of ether oxygens (including phenoxy) is 1. The Kier molecular flexibility index (Phi) is 5.55. The summed E-state index contributed by atoms with van der Waals surface area (Å²) in [6.45, 7) is 0.0571. The molecule has 1 aromatic heterocycles. The van der Waals surface area contributed by atoms with E-state index in [2.05, 4.69) is 26.2 Å². The van der Waals surface area contributed by atoms with Crippen LogP contribution in [0.25, 0.3) is 10.9 Å². The second-order valence-electron chi connectivity index (χ2n) is 8.81. The number of primary amides is 1. The molecule has 1 unspecified atom stereocenters. The number of nitrogens with one attached hydrogen (secondary N) is 2. The molecule has 9 nitrogen and oxygen atoms in total. The predicted octanol–water partition coefficient (Wildman–Crippen LogP) is 1.72. The number of morpholine rings is 1. The zero-order valence-electron chi connectivity index (χ0n) is 17.3. The summed E-state index contributed by atoms with van der Waals surface area (Å²) in [7, 11) is -4.12. The van der Waals surface area contributed by atoms with E-state index < -0.39 is 22.0 Å². The molecule has 4 N–H and O–H groups in total. The van der Waals surface area contributed by atoms with Crippen molar-refractivity contribution in [1.29, 1.82) is 0 Å². The van der Waals surface area contributed by atoms with Gasteiger partial charge in [-0.15, -0.1) is 0 Å². The van der Waals surface area contributed by atoms with Crippen molar-refractivity contribution in [2.45, 2.75) is 42.7 Å². The van der Waals surface area contributed by atoms with E-state index in [0.717, 1.165) is 25.7 Å². The smallest absolute Gasteiger partial charge is 0.266 e. The molecule has 3 aliphatic rings.